The van der Waals surface area contributed by atoms with Gasteiger partial charge in [-0.25, -0.2) is 0 Å². The van der Waals surface area contributed by atoms with Crippen molar-refractivity contribution in [1.29, 1.82) is 0 Å². The van der Waals surface area contributed by atoms with E-state index in [1.54, 1.807) is 18.9 Å². The minimum absolute atomic E-state index is 0.930. The van der Waals surface area contributed by atoms with Crippen LogP contribution in [-0.4, -0.2) is 18.4 Å². The van der Waals surface area contributed by atoms with E-state index >= 15 is 0 Å². The standard InChI is InChI=1S/C13H17.3C4H9.Sn/c1-12(2)8-6-7-11-13-9-4-3-5-10-13;3*1-3-4-2;/h3-6,8-10H,7,11H2,1-2H3;3*1,3-4H2,2H3;. The molecule has 0 saturated heterocycles. The van der Waals surface area contributed by atoms with Crippen LogP contribution >= 0.6 is 0 Å². The average molecular weight is 463 g/mol. The second-order valence-electron chi connectivity index (χ2n) is 8.55. The Balaban J connectivity index is 3.08. The molecule has 1 aromatic rings. The normalized spacial score (nSPS) is 12.8. The second kappa shape index (κ2) is 13.9. The number of hydrogen-bond acceptors (Lipinski definition) is 0. The molecular formula is C25H44Sn. The molecule has 0 aliphatic carbocycles. The molecule has 0 spiro atoms. The molecule has 148 valence electrons. The predicted molar refractivity (Wildman–Crippen MR) is 123 cm³/mol. The van der Waals surface area contributed by atoms with Gasteiger partial charge in [-0.2, -0.15) is 0 Å². The van der Waals surface area contributed by atoms with Gasteiger partial charge in [0.2, 0.25) is 0 Å². The molecule has 0 nitrogen and oxygen atoms in total. The van der Waals surface area contributed by atoms with Gasteiger partial charge < -0.3 is 0 Å². The molecule has 0 fully saturated rings. The van der Waals surface area contributed by atoms with E-state index in [0.717, 1.165) is 3.93 Å². The van der Waals surface area contributed by atoms with E-state index in [1.807, 2.05) is 0 Å². The fourth-order valence-corrected chi connectivity index (χ4v) is 22.9. The van der Waals surface area contributed by atoms with Crippen LogP contribution in [0.3, 0.4) is 0 Å². The monoisotopic (exact) mass is 464 g/mol. The van der Waals surface area contributed by atoms with Crippen molar-refractivity contribution in [3.8, 4) is 0 Å². The molecule has 0 saturated carbocycles. The van der Waals surface area contributed by atoms with Crippen LogP contribution in [-0.2, 0) is 6.42 Å². The molecule has 1 aromatic carbocycles. The summed E-state index contributed by atoms with van der Waals surface area (Å²) in [5.41, 5.74) is 3.08. The third-order valence-corrected chi connectivity index (χ3v) is 23.3. The molecule has 0 radical (unpaired) electrons. The van der Waals surface area contributed by atoms with Crippen molar-refractivity contribution in [1.82, 2.24) is 0 Å². The number of aryl methyl sites for hydroxylation is 1. The molecule has 0 N–H and O–H groups in total. The Bertz CT molecular complexity index is 462. The topological polar surface area (TPSA) is 0 Å². The van der Waals surface area contributed by atoms with Gasteiger partial charge in [-0.15, -0.1) is 0 Å². The summed E-state index contributed by atoms with van der Waals surface area (Å²) in [5, 5.41) is 0. The van der Waals surface area contributed by atoms with E-state index in [4.69, 9.17) is 0 Å². The van der Waals surface area contributed by atoms with Crippen molar-refractivity contribution in [2.45, 2.75) is 103 Å². The molecule has 1 atom stereocenters. The Hall–Kier alpha value is -0.241. The van der Waals surface area contributed by atoms with Crippen molar-refractivity contribution in [2.75, 3.05) is 0 Å². The van der Waals surface area contributed by atoms with Crippen LogP contribution in [0.4, 0.5) is 0 Å². The van der Waals surface area contributed by atoms with Crippen molar-refractivity contribution in [2.24, 2.45) is 0 Å². The SMILES string of the molecule is CCC[CH2][Sn]([CH2]CCC)([CH2]CCC)[CH](C=C(C)C)CCc1ccccc1. The van der Waals surface area contributed by atoms with E-state index in [2.05, 4.69) is 71.0 Å². The van der Waals surface area contributed by atoms with Crippen LogP contribution in [0.5, 0.6) is 0 Å². The second-order valence-corrected chi connectivity index (χ2v) is 22.7. The van der Waals surface area contributed by atoms with Crippen LogP contribution in [0.25, 0.3) is 0 Å². The molecule has 1 heteroatoms. The van der Waals surface area contributed by atoms with E-state index in [0.29, 0.717) is 0 Å². The summed E-state index contributed by atoms with van der Waals surface area (Å²) >= 11 is -2.20. The van der Waals surface area contributed by atoms with Crippen molar-refractivity contribution >= 4 is 18.4 Å². The number of benzene rings is 1. The first-order valence-electron chi connectivity index (χ1n) is 11.3. The zero-order valence-corrected chi connectivity index (χ0v) is 21.2. The number of rotatable bonds is 14. The molecule has 0 aromatic heterocycles. The van der Waals surface area contributed by atoms with Crippen LogP contribution in [0.15, 0.2) is 42.0 Å². The molecule has 26 heavy (non-hydrogen) atoms. The Labute approximate surface area is 168 Å². The maximum atomic E-state index is 2.72. The number of hydrogen-bond donors (Lipinski definition) is 0. The van der Waals surface area contributed by atoms with Crippen LogP contribution in [0.2, 0.25) is 17.2 Å². The fraction of sp³-hybridized carbons (Fsp3) is 0.680. The number of allylic oxidation sites excluding steroid dienone is 2. The molecule has 0 aliphatic heterocycles. The predicted octanol–water partition coefficient (Wildman–Crippen LogP) is 8.80. The van der Waals surface area contributed by atoms with Gasteiger partial charge in [0.25, 0.3) is 0 Å². The maximum absolute atomic E-state index is 2.72. The van der Waals surface area contributed by atoms with Gasteiger partial charge in [0.1, 0.15) is 0 Å². The first-order valence-corrected chi connectivity index (χ1v) is 19.0. The van der Waals surface area contributed by atoms with Gasteiger partial charge >= 0.3 is 169 Å². The van der Waals surface area contributed by atoms with Crippen molar-refractivity contribution in [3.05, 3.63) is 47.5 Å². The van der Waals surface area contributed by atoms with Gasteiger partial charge in [0.15, 0.2) is 0 Å². The molecule has 0 amide bonds. The van der Waals surface area contributed by atoms with E-state index in [-0.39, 0.29) is 0 Å². The molecule has 0 bridgehead atoms. The zero-order chi connectivity index (χ0) is 19.3. The first-order chi connectivity index (χ1) is 12.6. The van der Waals surface area contributed by atoms with Gasteiger partial charge in [0, 0.05) is 0 Å². The molecule has 0 aliphatic rings. The summed E-state index contributed by atoms with van der Waals surface area (Å²) in [5.74, 6) is 0. The van der Waals surface area contributed by atoms with Gasteiger partial charge in [-0.05, 0) is 0 Å². The van der Waals surface area contributed by atoms with E-state index < -0.39 is 18.4 Å². The van der Waals surface area contributed by atoms with E-state index in [1.165, 1.54) is 56.9 Å². The summed E-state index contributed by atoms with van der Waals surface area (Å²) < 4.78 is 5.79. The quantitative estimate of drug-likeness (QED) is 0.191. The van der Waals surface area contributed by atoms with Crippen LogP contribution in [0.1, 0.15) is 85.1 Å². The van der Waals surface area contributed by atoms with Gasteiger partial charge in [-0.1, -0.05) is 0 Å². The van der Waals surface area contributed by atoms with Gasteiger partial charge in [-0.3, -0.25) is 0 Å². The van der Waals surface area contributed by atoms with Crippen LogP contribution < -0.4 is 0 Å². The summed E-state index contributed by atoms with van der Waals surface area (Å²) in [4.78, 5) is 0. The average Bonchev–Trinajstić information content (AvgIpc) is 2.65. The molecular weight excluding hydrogens is 419 g/mol. The Morgan fingerprint density at radius 3 is 1.77 bits per heavy atom. The van der Waals surface area contributed by atoms with Crippen LogP contribution in [0, 0.1) is 0 Å². The zero-order valence-electron chi connectivity index (χ0n) is 18.3. The van der Waals surface area contributed by atoms with E-state index in [9.17, 15) is 0 Å². The first kappa shape index (κ1) is 23.8. The van der Waals surface area contributed by atoms with Crippen molar-refractivity contribution in [3.63, 3.8) is 0 Å². The van der Waals surface area contributed by atoms with Crippen molar-refractivity contribution < 1.29 is 0 Å². The third-order valence-electron chi connectivity index (χ3n) is 5.99. The van der Waals surface area contributed by atoms with Gasteiger partial charge in [0.05, 0.1) is 0 Å². The summed E-state index contributed by atoms with van der Waals surface area (Å²) in [7, 11) is 0. The molecule has 1 unspecified atom stereocenters. The fourth-order valence-electron chi connectivity index (χ4n) is 4.45. The Morgan fingerprint density at radius 2 is 1.35 bits per heavy atom. The molecule has 0 heterocycles. The summed E-state index contributed by atoms with van der Waals surface area (Å²) in [6, 6.07) is 11.2. The molecule has 1 rings (SSSR count). The third kappa shape index (κ3) is 8.63. The summed E-state index contributed by atoms with van der Waals surface area (Å²) in [6.07, 6.45) is 13.9. The summed E-state index contributed by atoms with van der Waals surface area (Å²) in [6.45, 7) is 11.8. The Morgan fingerprint density at radius 1 is 0.846 bits per heavy atom. The Kier molecular flexibility index (Phi) is 12.7. The number of unbranched alkanes of at least 4 members (excludes halogenated alkanes) is 3. The minimum atomic E-state index is -2.20.